The molecule has 22 heavy (non-hydrogen) atoms. The zero-order valence-corrected chi connectivity index (χ0v) is 12.6. The average Bonchev–Trinajstić information content (AvgIpc) is 2.51. The molecular weight excluding hydrogens is 280 g/mol. The van der Waals surface area contributed by atoms with Crippen LogP contribution in [0.25, 0.3) is 0 Å². The lowest BCUT2D eigenvalue weighted by molar-refractivity contribution is -0.143. The molecule has 3 rings (SSSR count). The van der Waals surface area contributed by atoms with Crippen LogP contribution in [0.4, 0.5) is 4.79 Å². The van der Waals surface area contributed by atoms with Gasteiger partial charge < -0.3 is 15.3 Å². The number of hydrogen-bond donors (Lipinski definition) is 2. The van der Waals surface area contributed by atoms with E-state index >= 15 is 0 Å². The first-order valence-electron chi connectivity index (χ1n) is 7.96. The van der Waals surface area contributed by atoms with Gasteiger partial charge in [-0.15, -0.1) is 0 Å². The van der Waals surface area contributed by atoms with E-state index in [-0.39, 0.29) is 18.0 Å². The van der Waals surface area contributed by atoms with E-state index in [1.807, 2.05) is 18.2 Å². The molecule has 0 spiro atoms. The van der Waals surface area contributed by atoms with Gasteiger partial charge in [0.05, 0.1) is 5.92 Å². The van der Waals surface area contributed by atoms with Gasteiger partial charge in [-0.25, -0.2) is 4.79 Å². The standard InChI is InChI=1S/C17H22N2O3/c20-16(21)13-6-8-19(9-7-13)17(22)18-15-10-14(11-15)12-4-2-1-3-5-12/h1-5,13-15H,6-11H2,(H,18,22)(H,20,21). The Morgan fingerprint density at radius 3 is 2.32 bits per heavy atom. The van der Waals surface area contributed by atoms with E-state index in [2.05, 4.69) is 17.4 Å². The van der Waals surface area contributed by atoms with Gasteiger partial charge in [-0.3, -0.25) is 4.79 Å². The summed E-state index contributed by atoms with van der Waals surface area (Å²) in [5.41, 5.74) is 1.34. The lowest BCUT2D eigenvalue weighted by Crippen LogP contribution is -2.51. The van der Waals surface area contributed by atoms with Crippen molar-refractivity contribution in [3.8, 4) is 0 Å². The maximum absolute atomic E-state index is 12.2. The Kier molecular flexibility index (Phi) is 4.32. The number of nitrogens with zero attached hydrogens (tertiary/aromatic N) is 1. The van der Waals surface area contributed by atoms with E-state index < -0.39 is 5.97 Å². The van der Waals surface area contributed by atoms with Gasteiger partial charge >= 0.3 is 12.0 Å². The Labute approximate surface area is 130 Å². The van der Waals surface area contributed by atoms with E-state index in [4.69, 9.17) is 5.11 Å². The van der Waals surface area contributed by atoms with E-state index in [1.165, 1.54) is 5.56 Å². The molecule has 0 radical (unpaired) electrons. The summed E-state index contributed by atoms with van der Waals surface area (Å²) in [5, 5.41) is 12.0. The van der Waals surface area contributed by atoms with Crippen LogP contribution in [-0.4, -0.2) is 41.1 Å². The van der Waals surface area contributed by atoms with E-state index in [0.29, 0.717) is 31.8 Å². The highest BCUT2D eigenvalue weighted by atomic mass is 16.4. The number of amides is 2. The molecule has 2 amide bonds. The highest BCUT2D eigenvalue weighted by molar-refractivity contribution is 5.75. The summed E-state index contributed by atoms with van der Waals surface area (Å²) in [5.74, 6) is -0.496. The Hall–Kier alpha value is -2.04. The van der Waals surface area contributed by atoms with Gasteiger partial charge in [-0.05, 0) is 37.2 Å². The Balaban J connectivity index is 1.42. The molecular formula is C17H22N2O3. The van der Waals surface area contributed by atoms with Crippen LogP contribution in [0.5, 0.6) is 0 Å². The van der Waals surface area contributed by atoms with Gasteiger partial charge in [0, 0.05) is 19.1 Å². The lowest BCUT2D eigenvalue weighted by Gasteiger charge is -2.38. The first-order valence-corrected chi connectivity index (χ1v) is 7.96. The van der Waals surface area contributed by atoms with Crippen LogP contribution >= 0.6 is 0 Å². The first kappa shape index (κ1) is 14.9. The fourth-order valence-corrected chi connectivity index (χ4v) is 3.33. The van der Waals surface area contributed by atoms with E-state index in [0.717, 1.165) is 12.8 Å². The van der Waals surface area contributed by atoms with Gasteiger partial charge in [0.1, 0.15) is 0 Å². The Morgan fingerprint density at radius 1 is 1.09 bits per heavy atom. The molecule has 0 atom stereocenters. The molecule has 1 saturated heterocycles. The lowest BCUT2D eigenvalue weighted by atomic mass is 9.76. The smallest absolute Gasteiger partial charge is 0.317 e. The maximum atomic E-state index is 12.2. The van der Waals surface area contributed by atoms with Gasteiger partial charge in [-0.2, -0.15) is 0 Å². The van der Waals surface area contributed by atoms with Gasteiger partial charge in [0.25, 0.3) is 0 Å². The predicted molar refractivity (Wildman–Crippen MR) is 82.7 cm³/mol. The van der Waals surface area contributed by atoms with Crippen molar-refractivity contribution in [3.05, 3.63) is 35.9 Å². The number of carboxylic acids is 1. The minimum absolute atomic E-state index is 0.0413. The number of nitrogens with one attached hydrogen (secondary N) is 1. The monoisotopic (exact) mass is 302 g/mol. The number of likely N-dealkylation sites (tertiary alicyclic amines) is 1. The number of hydrogen-bond acceptors (Lipinski definition) is 2. The van der Waals surface area contributed by atoms with Crippen LogP contribution in [0.1, 0.15) is 37.2 Å². The molecule has 1 aliphatic heterocycles. The SMILES string of the molecule is O=C(O)C1CCN(C(=O)NC2CC(c3ccccc3)C2)CC1. The topological polar surface area (TPSA) is 69.6 Å². The van der Waals surface area contributed by atoms with Crippen molar-refractivity contribution in [1.82, 2.24) is 10.2 Å². The van der Waals surface area contributed by atoms with Crippen LogP contribution in [0.2, 0.25) is 0 Å². The molecule has 1 saturated carbocycles. The molecule has 0 aromatic heterocycles. The van der Waals surface area contributed by atoms with Crippen molar-refractivity contribution >= 4 is 12.0 Å². The molecule has 2 N–H and O–H groups in total. The number of piperidine rings is 1. The third-order valence-corrected chi connectivity index (χ3v) is 4.87. The number of rotatable bonds is 3. The molecule has 118 valence electrons. The van der Waals surface area contributed by atoms with E-state index in [9.17, 15) is 9.59 Å². The highest BCUT2D eigenvalue weighted by Crippen LogP contribution is 2.36. The van der Waals surface area contributed by atoms with Gasteiger partial charge in [0.2, 0.25) is 0 Å². The maximum Gasteiger partial charge on any atom is 0.317 e. The van der Waals surface area contributed by atoms with Crippen LogP contribution in [0.3, 0.4) is 0 Å². The molecule has 1 heterocycles. The number of carbonyl (C=O) groups excluding carboxylic acids is 1. The van der Waals surface area contributed by atoms with Gasteiger partial charge in [-0.1, -0.05) is 30.3 Å². The second-order valence-corrected chi connectivity index (χ2v) is 6.32. The molecule has 2 fully saturated rings. The zero-order valence-electron chi connectivity index (χ0n) is 12.6. The van der Waals surface area contributed by atoms with Crippen LogP contribution in [0, 0.1) is 5.92 Å². The summed E-state index contributed by atoms with van der Waals surface area (Å²) in [4.78, 5) is 24.8. The Bertz CT molecular complexity index is 532. The fraction of sp³-hybridized carbons (Fsp3) is 0.529. The number of carboxylic acid groups (broad SMARTS) is 1. The molecule has 1 aliphatic carbocycles. The van der Waals surface area contributed by atoms with Crippen molar-refractivity contribution in [3.63, 3.8) is 0 Å². The molecule has 1 aromatic carbocycles. The van der Waals surface area contributed by atoms with E-state index in [1.54, 1.807) is 4.90 Å². The number of urea groups is 1. The molecule has 2 aliphatic rings. The number of aliphatic carboxylic acids is 1. The first-order chi connectivity index (χ1) is 10.6. The van der Waals surface area contributed by atoms with Crippen molar-refractivity contribution in [2.24, 2.45) is 5.92 Å². The highest BCUT2D eigenvalue weighted by Gasteiger charge is 2.33. The summed E-state index contributed by atoms with van der Waals surface area (Å²) in [6.07, 6.45) is 3.09. The molecule has 1 aromatic rings. The van der Waals surface area contributed by atoms with Crippen LogP contribution in [-0.2, 0) is 4.79 Å². The molecule has 5 heteroatoms. The minimum atomic E-state index is -0.746. The van der Waals surface area contributed by atoms with Crippen LogP contribution in [0.15, 0.2) is 30.3 Å². The van der Waals surface area contributed by atoms with Crippen molar-refractivity contribution in [1.29, 1.82) is 0 Å². The zero-order chi connectivity index (χ0) is 15.5. The largest absolute Gasteiger partial charge is 0.481 e. The quantitative estimate of drug-likeness (QED) is 0.901. The molecule has 0 unspecified atom stereocenters. The molecule has 0 bridgehead atoms. The third-order valence-electron chi connectivity index (χ3n) is 4.87. The third kappa shape index (κ3) is 3.24. The van der Waals surface area contributed by atoms with Gasteiger partial charge in [0.15, 0.2) is 0 Å². The average molecular weight is 302 g/mol. The summed E-state index contributed by atoms with van der Waals surface area (Å²) < 4.78 is 0. The summed E-state index contributed by atoms with van der Waals surface area (Å²) in [6, 6.07) is 10.6. The minimum Gasteiger partial charge on any atom is -0.481 e. The second-order valence-electron chi connectivity index (χ2n) is 6.32. The number of benzene rings is 1. The summed E-state index contributed by atoms with van der Waals surface area (Å²) >= 11 is 0. The summed E-state index contributed by atoms with van der Waals surface area (Å²) in [6.45, 7) is 1.08. The molecule has 5 nitrogen and oxygen atoms in total. The van der Waals surface area contributed by atoms with Crippen molar-refractivity contribution in [2.75, 3.05) is 13.1 Å². The van der Waals surface area contributed by atoms with Crippen LogP contribution < -0.4 is 5.32 Å². The Morgan fingerprint density at radius 2 is 1.73 bits per heavy atom. The number of carbonyl (C=O) groups is 2. The van der Waals surface area contributed by atoms with Crippen molar-refractivity contribution < 1.29 is 14.7 Å². The second kappa shape index (κ2) is 6.38. The van der Waals surface area contributed by atoms with Crippen molar-refractivity contribution in [2.45, 2.75) is 37.6 Å². The normalized spacial score (nSPS) is 25.4. The predicted octanol–water partition coefficient (Wildman–Crippen LogP) is 2.44. The summed E-state index contributed by atoms with van der Waals surface area (Å²) in [7, 11) is 0. The fourth-order valence-electron chi connectivity index (χ4n) is 3.33.